The van der Waals surface area contributed by atoms with Gasteiger partial charge < -0.3 is 15.0 Å². The van der Waals surface area contributed by atoms with Crippen molar-refractivity contribution in [3.05, 3.63) is 75.4 Å². The van der Waals surface area contributed by atoms with Gasteiger partial charge in [-0.05, 0) is 36.2 Å². The highest BCUT2D eigenvalue weighted by atomic mass is 35.5. The van der Waals surface area contributed by atoms with Crippen LogP contribution in [0.15, 0.2) is 48.8 Å². The van der Waals surface area contributed by atoms with E-state index in [1.807, 2.05) is 55.3 Å². The molecule has 4 aromatic rings. The molecule has 5 heterocycles. The van der Waals surface area contributed by atoms with Crippen molar-refractivity contribution in [2.75, 3.05) is 18.5 Å². The maximum Gasteiger partial charge on any atom is 0.256 e. The van der Waals surface area contributed by atoms with Crippen molar-refractivity contribution in [1.29, 1.82) is 0 Å². The van der Waals surface area contributed by atoms with E-state index in [1.165, 1.54) is 0 Å². The van der Waals surface area contributed by atoms with Crippen LogP contribution in [0.1, 0.15) is 26.4 Å². The second-order valence-electron chi connectivity index (χ2n) is 8.54. The molecule has 1 amide bonds. The van der Waals surface area contributed by atoms with Crippen molar-refractivity contribution in [2.45, 2.75) is 19.0 Å². The molecule has 1 N–H and O–H groups in total. The zero-order valence-electron chi connectivity index (χ0n) is 18.6. The minimum absolute atomic E-state index is 0.0283. The highest BCUT2D eigenvalue weighted by molar-refractivity contribution is 7.16. The molecule has 0 aliphatic carbocycles. The van der Waals surface area contributed by atoms with Gasteiger partial charge in [0.05, 0.1) is 35.5 Å². The molecule has 0 unspecified atom stereocenters. The van der Waals surface area contributed by atoms with Crippen LogP contribution in [0.4, 0.5) is 11.8 Å². The number of halogens is 1. The molecule has 0 radical (unpaired) electrons. The van der Waals surface area contributed by atoms with Gasteiger partial charge in [-0.2, -0.15) is 5.10 Å². The van der Waals surface area contributed by atoms with E-state index in [4.69, 9.17) is 21.3 Å². The maximum absolute atomic E-state index is 13.7. The SMILES string of the molecule is Cc1c(-c2ccnc(Nc3ccnn3C)n2)sc2c1C(=O)N(Cc1cccc(Cl)c1)C21COC1. The molecule has 0 atom stereocenters. The molecule has 3 aromatic heterocycles. The Labute approximate surface area is 205 Å². The molecule has 0 bridgehead atoms. The maximum atomic E-state index is 13.7. The fraction of sp³-hybridized carbons (Fsp3) is 0.250. The number of nitrogens with zero attached hydrogens (tertiary/aromatic N) is 5. The first-order valence-electron chi connectivity index (χ1n) is 10.8. The smallest absolute Gasteiger partial charge is 0.256 e. The fourth-order valence-corrected chi connectivity index (χ4v) is 6.23. The van der Waals surface area contributed by atoms with E-state index in [1.54, 1.807) is 28.4 Å². The lowest BCUT2D eigenvalue weighted by Gasteiger charge is -2.45. The lowest BCUT2D eigenvalue weighted by atomic mass is 9.94. The van der Waals surface area contributed by atoms with Gasteiger partial charge in [-0.25, -0.2) is 9.97 Å². The molecule has 2 aliphatic heterocycles. The molecule has 1 fully saturated rings. The number of anilines is 2. The van der Waals surface area contributed by atoms with Crippen LogP contribution < -0.4 is 5.32 Å². The second-order valence-corrected chi connectivity index (χ2v) is 9.99. The molecular formula is C24H21ClN6O2S. The highest BCUT2D eigenvalue weighted by Gasteiger charge is 2.57. The molecule has 172 valence electrons. The van der Waals surface area contributed by atoms with Crippen LogP contribution in [-0.4, -0.2) is 43.8 Å². The number of nitrogens with one attached hydrogen (secondary N) is 1. The van der Waals surface area contributed by atoms with Crippen molar-refractivity contribution < 1.29 is 9.53 Å². The fourth-order valence-electron chi connectivity index (χ4n) is 4.57. The predicted octanol–water partition coefficient (Wildman–Crippen LogP) is 4.53. The number of thiophene rings is 1. The summed E-state index contributed by atoms with van der Waals surface area (Å²) in [6.45, 7) is 3.46. The average Bonchev–Trinajstić information content (AvgIpc) is 3.42. The number of ether oxygens (including phenoxy) is 1. The Morgan fingerprint density at radius 2 is 2.09 bits per heavy atom. The summed E-state index contributed by atoms with van der Waals surface area (Å²) in [7, 11) is 1.85. The molecule has 10 heteroatoms. The normalized spacial score (nSPS) is 16.1. The Morgan fingerprint density at radius 1 is 1.24 bits per heavy atom. The third-order valence-corrected chi connectivity index (χ3v) is 8.15. The van der Waals surface area contributed by atoms with E-state index in [-0.39, 0.29) is 5.91 Å². The zero-order valence-corrected chi connectivity index (χ0v) is 20.2. The highest BCUT2D eigenvalue weighted by Crippen LogP contribution is 2.52. The van der Waals surface area contributed by atoms with Crippen LogP contribution in [-0.2, 0) is 23.9 Å². The van der Waals surface area contributed by atoms with Crippen LogP contribution in [0.2, 0.25) is 5.02 Å². The Bertz CT molecular complexity index is 1430. The van der Waals surface area contributed by atoms with E-state index in [2.05, 4.69) is 15.4 Å². The average molecular weight is 493 g/mol. The van der Waals surface area contributed by atoms with Gasteiger partial charge in [0.2, 0.25) is 5.95 Å². The molecule has 1 aromatic carbocycles. The summed E-state index contributed by atoms with van der Waals surface area (Å²) in [5.41, 5.74) is 3.05. The molecule has 6 rings (SSSR count). The number of hydrogen-bond donors (Lipinski definition) is 1. The standard InChI is InChI=1S/C24H21ClN6O2S/c1-14-19-21(24(12-33-13-24)31(22(19)32)11-15-4-3-5-16(25)10-15)34-20(14)17-6-8-26-23(28-17)29-18-7-9-27-30(18)2/h3-10H,11-13H2,1-2H3,(H,26,28,29). The third-order valence-electron chi connectivity index (χ3n) is 6.41. The Balaban J connectivity index is 1.36. The second kappa shape index (κ2) is 7.90. The first-order chi connectivity index (χ1) is 16.5. The molecule has 1 spiro atoms. The summed E-state index contributed by atoms with van der Waals surface area (Å²) in [6.07, 6.45) is 3.43. The van der Waals surface area contributed by atoms with Crippen LogP contribution in [0.25, 0.3) is 10.6 Å². The quantitative estimate of drug-likeness (QED) is 0.440. The monoisotopic (exact) mass is 492 g/mol. The number of benzene rings is 1. The number of rotatable bonds is 5. The minimum Gasteiger partial charge on any atom is -0.376 e. The molecule has 2 aliphatic rings. The Kier molecular flexibility index (Phi) is 4.94. The lowest BCUT2D eigenvalue weighted by molar-refractivity contribution is -0.126. The summed E-state index contributed by atoms with van der Waals surface area (Å²) in [6, 6.07) is 11.4. The van der Waals surface area contributed by atoms with Crippen LogP contribution in [0, 0.1) is 6.92 Å². The number of fused-ring (bicyclic) bond motifs is 2. The number of carbonyl (C=O) groups excluding carboxylic acids is 1. The Hall–Kier alpha value is -3.27. The first kappa shape index (κ1) is 21.3. The van der Waals surface area contributed by atoms with Crippen molar-refractivity contribution >= 4 is 40.6 Å². The first-order valence-corrected chi connectivity index (χ1v) is 12.0. The van der Waals surface area contributed by atoms with Gasteiger partial charge >= 0.3 is 0 Å². The lowest BCUT2D eigenvalue weighted by Crippen LogP contribution is -2.56. The summed E-state index contributed by atoms with van der Waals surface area (Å²) >= 11 is 7.81. The van der Waals surface area contributed by atoms with Crippen LogP contribution >= 0.6 is 22.9 Å². The van der Waals surface area contributed by atoms with E-state index in [0.29, 0.717) is 30.7 Å². The molecular weight excluding hydrogens is 472 g/mol. The van der Waals surface area contributed by atoms with Gasteiger partial charge in [0.25, 0.3) is 5.91 Å². The third kappa shape index (κ3) is 3.23. The molecule has 1 saturated heterocycles. The number of aromatic nitrogens is 4. The van der Waals surface area contributed by atoms with Crippen LogP contribution in [0.3, 0.4) is 0 Å². The molecule has 34 heavy (non-hydrogen) atoms. The topological polar surface area (TPSA) is 85.2 Å². The summed E-state index contributed by atoms with van der Waals surface area (Å²) in [5.74, 6) is 1.30. The predicted molar refractivity (Wildman–Crippen MR) is 130 cm³/mol. The van der Waals surface area contributed by atoms with Crippen molar-refractivity contribution in [3.63, 3.8) is 0 Å². The van der Waals surface area contributed by atoms with Crippen molar-refractivity contribution in [2.24, 2.45) is 7.05 Å². The van der Waals surface area contributed by atoms with Gasteiger partial charge in [-0.3, -0.25) is 9.48 Å². The summed E-state index contributed by atoms with van der Waals surface area (Å²) in [4.78, 5) is 26.7. The van der Waals surface area contributed by atoms with E-state index < -0.39 is 5.54 Å². The van der Waals surface area contributed by atoms with Crippen LogP contribution in [0.5, 0.6) is 0 Å². The van der Waals surface area contributed by atoms with E-state index >= 15 is 0 Å². The largest absolute Gasteiger partial charge is 0.376 e. The number of amides is 1. The minimum atomic E-state index is -0.439. The molecule has 0 saturated carbocycles. The van der Waals surface area contributed by atoms with Gasteiger partial charge in [-0.15, -0.1) is 11.3 Å². The van der Waals surface area contributed by atoms with Crippen molar-refractivity contribution in [3.8, 4) is 10.6 Å². The van der Waals surface area contributed by atoms with Crippen molar-refractivity contribution in [1.82, 2.24) is 24.6 Å². The summed E-state index contributed by atoms with van der Waals surface area (Å²) < 4.78 is 7.36. The Morgan fingerprint density at radius 3 is 2.79 bits per heavy atom. The van der Waals surface area contributed by atoms with E-state index in [9.17, 15) is 4.79 Å². The van der Waals surface area contributed by atoms with Gasteiger partial charge in [0.15, 0.2) is 0 Å². The zero-order chi connectivity index (χ0) is 23.4. The van der Waals surface area contributed by atoms with Gasteiger partial charge in [0.1, 0.15) is 11.4 Å². The number of hydrogen-bond acceptors (Lipinski definition) is 7. The summed E-state index contributed by atoms with van der Waals surface area (Å²) in [5, 5.41) is 8.02. The number of carbonyl (C=O) groups is 1. The van der Waals surface area contributed by atoms with Gasteiger partial charge in [0, 0.05) is 35.8 Å². The number of aryl methyl sites for hydroxylation is 1. The molecule has 8 nitrogen and oxygen atoms in total. The van der Waals surface area contributed by atoms with E-state index in [0.717, 1.165) is 38.0 Å². The van der Waals surface area contributed by atoms with Gasteiger partial charge in [-0.1, -0.05) is 23.7 Å².